The molecule has 0 bridgehead atoms. The summed E-state index contributed by atoms with van der Waals surface area (Å²) in [5.41, 5.74) is 0. The summed E-state index contributed by atoms with van der Waals surface area (Å²) in [5.74, 6) is 4.72. The molecule has 0 saturated heterocycles. The lowest BCUT2D eigenvalue weighted by Crippen LogP contribution is -2.25. The van der Waals surface area contributed by atoms with Gasteiger partial charge in [-0.05, 0) is 31.6 Å². The van der Waals surface area contributed by atoms with Gasteiger partial charge >= 0.3 is 0 Å². The number of anilines is 2. The molecule has 1 heterocycles. The van der Waals surface area contributed by atoms with E-state index in [4.69, 9.17) is 4.98 Å². The van der Waals surface area contributed by atoms with Crippen LogP contribution in [0.15, 0.2) is 6.07 Å². The van der Waals surface area contributed by atoms with Gasteiger partial charge < -0.3 is 10.6 Å². The second kappa shape index (κ2) is 7.10. The third kappa shape index (κ3) is 3.86. The fourth-order valence-electron chi connectivity index (χ4n) is 3.29. The van der Waals surface area contributed by atoms with Crippen LogP contribution in [0, 0.1) is 11.8 Å². The quantitative estimate of drug-likeness (QED) is 0.821. The topological polar surface area (TPSA) is 49.8 Å². The molecule has 118 valence electrons. The van der Waals surface area contributed by atoms with Gasteiger partial charge in [-0.3, -0.25) is 0 Å². The zero-order chi connectivity index (χ0) is 15.4. The van der Waals surface area contributed by atoms with Crippen LogP contribution in [0.25, 0.3) is 0 Å². The van der Waals surface area contributed by atoms with Crippen LogP contribution >= 0.6 is 0 Å². The smallest absolute Gasteiger partial charge is 0.135 e. The maximum absolute atomic E-state index is 4.70. The van der Waals surface area contributed by atoms with E-state index in [0.717, 1.165) is 35.8 Å². The van der Waals surface area contributed by atoms with Crippen molar-refractivity contribution in [2.75, 3.05) is 17.2 Å². The zero-order valence-electron chi connectivity index (χ0n) is 14.1. The summed E-state index contributed by atoms with van der Waals surface area (Å²) in [5, 5.41) is 6.97. The first-order valence-corrected chi connectivity index (χ1v) is 8.44. The first kappa shape index (κ1) is 16.1. The molecule has 1 aliphatic rings. The van der Waals surface area contributed by atoms with Crippen LogP contribution in [0.5, 0.6) is 0 Å². The third-order valence-electron chi connectivity index (χ3n) is 4.70. The maximum Gasteiger partial charge on any atom is 0.135 e. The van der Waals surface area contributed by atoms with Gasteiger partial charge in [-0.2, -0.15) is 0 Å². The monoisotopic (exact) mass is 290 g/mol. The molecule has 1 aromatic heterocycles. The average Bonchev–Trinajstić information content (AvgIpc) is 2.79. The summed E-state index contributed by atoms with van der Waals surface area (Å²) in [6.45, 7) is 11.9. The molecule has 1 fully saturated rings. The van der Waals surface area contributed by atoms with E-state index in [0.29, 0.717) is 12.0 Å². The summed E-state index contributed by atoms with van der Waals surface area (Å²) in [6, 6.07) is 2.58. The van der Waals surface area contributed by atoms with Crippen molar-refractivity contribution in [1.29, 1.82) is 0 Å². The Morgan fingerprint density at radius 2 is 1.90 bits per heavy atom. The van der Waals surface area contributed by atoms with Gasteiger partial charge in [-0.25, -0.2) is 9.97 Å². The number of rotatable bonds is 6. The molecule has 4 heteroatoms. The Bertz CT molecular complexity index is 458. The van der Waals surface area contributed by atoms with Crippen molar-refractivity contribution in [3.63, 3.8) is 0 Å². The van der Waals surface area contributed by atoms with Gasteiger partial charge in [-0.15, -0.1) is 0 Å². The van der Waals surface area contributed by atoms with Crippen molar-refractivity contribution in [1.82, 2.24) is 9.97 Å². The Morgan fingerprint density at radius 3 is 2.48 bits per heavy atom. The van der Waals surface area contributed by atoms with Crippen LogP contribution in [-0.2, 0) is 0 Å². The molecule has 0 radical (unpaired) electrons. The van der Waals surface area contributed by atoms with Crippen molar-refractivity contribution in [2.24, 2.45) is 11.8 Å². The number of aromatic nitrogens is 2. The lowest BCUT2D eigenvalue weighted by Gasteiger charge is -2.22. The molecule has 2 rings (SSSR count). The zero-order valence-corrected chi connectivity index (χ0v) is 14.1. The predicted octanol–water partition coefficient (Wildman–Crippen LogP) is 4.27. The fraction of sp³-hybridized carbons (Fsp3) is 0.765. The fourth-order valence-corrected chi connectivity index (χ4v) is 3.29. The Labute approximate surface area is 129 Å². The highest BCUT2D eigenvalue weighted by Gasteiger charge is 2.31. The minimum atomic E-state index is 0.341. The van der Waals surface area contributed by atoms with Gasteiger partial charge in [0.2, 0.25) is 0 Å². The standard InChI is InChI=1S/C17H30N4/c1-6-13-8-9-14(12(13)5)19-16-10-15(18-7-2)20-17(21-16)11(3)4/h10-14H,6-9H2,1-5H3,(H2,18,19,20,21). The molecule has 2 N–H and O–H groups in total. The molecule has 0 spiro atoms. The normalized spacial score (nSPS) is 25.3. The van der Waals surface area contributed by atoms with E-state index >= 15 is 0 Å². The van der Waals surface area contributed by atoms with Crippen molar-refractivity contribution < 1.29 is 0 Å². The molecule has 1 aliphatic carbocycles. The molecule has 0 aliphatic heterocycles. The molecule has 1 aromatic rings. The lowest BCUT2D eigenvalue weighted by atomic mass is 9.93. The minimum absolute atomic E-state index is 0.341. The highest BCUT2D eigenvalue weighted by molar-refractivity contribution is 5.48. The number of nitrogens with zero attached hydrogens (tertiary/aromatic N) is 2. The van der Waals surface area contributed by atoms with Gasteiger partial charge in [0.25, 0.3) is 0 Å². The summed E-state index contributed by atoms with van der Waals surface area (Å²) >= 11 is 0. The van der Waals surface area contributed by atoms with E-state index in [1.165, 1.54) is 19.3 Å². The van der Waals surface area contributed by atoms with E-state index in [9.17, 15) is 0 Å². The SMILES string of the molecule is CCNc1cc(NC2CCC(CC)C2C)nc(C(C)C)n1. The van der Waals surface area contributed by atoms with Gasteiger partial charge in [0, 0.05) is 24.6 Å². The second-order valence-corrected chi connectivity index (χ2v) is 6.54. The second-order valence-electron chi connectivity index (χ2n) is 6.54. The summed E-state index contributed by atoms with van der Waals surface area (Å²) in [7, 11) is 0. The van der Waals surface area contributed by atoms with E-state index < -0.39 is 0 Å². The van der Waals surface area contributed by atoms with Crippen molar-refractivity contribution in [2.45, 2.75) is 65.8 Å². The van der Waals surface area contributed by atoms with Crippen LogP contribution in [0.2, 0.25) is 0 Å². The first-order chi connectivity index (χ1) is 10.0. The Morgan fingerprint density at radius 1 is 1.19 bits per heavy atom. The average molecular weight is 290 g/mol. The van der Waals surface area contributed by atoms with Crippen LogP contribution in [0.1, 0.15) is 65.6 Å². The first-order valence-electron chi connectivity index (χ1n) is 8.44. The molecule has 21 heavy (non-hydrogen) atoms. The molecular formula is C17H30N4. The van der Waals surface area contributed by atoms with Crippen LogP contribution in [-0.4, -0.2) is 22.6 Å². The van der Waals surface area contributed by atoms with Gasteiger partial charge in [-0.1, -0.05) is 34.1 Å². The Balaban J connectivity index is 2.15. The van der Waals surface area contributed by atoms with Gasteiger partial charge in [0.15, 0.2) is 0 Å². The molecule has 1 saturated carbocycles. The van der Waals surface area contributed by atoms with E-state index in [2.05, 4.69) is 50.2 Å². The van der Waals surface area contributed by atoms with E-state index in [1.807, 2.05) is 6.07 Å². The molecular weight excluding hydrogens is 260 g/mol. The van der Waals surface area contributed by atoms with Crippen molar-refractivity contribution >= 4 is 11.6 Å². The highest BCUT2D eigenvalue weighted by atomic mass is 15.1. The number of hydrogen-bond acceptors (Lipinski definition) is 4. The predicted molar refractivity (Wildman–Crippen MR) is 89.9 cm³/mol. The van der Waals surface area contributed by atoms with Gasteiger partial charge in [0.05, 0.1) is 0 Å². The molecule has 3 atom stereocenters. The third-order valence-corrected chi connectivity index (χ3v) is 4.70. The van der Waals surface area contributed by atoms with E-state index in [1.54, 1.807) is 0 Å². The number of hydrogen-bond donors (Lipinski definition) is 2. The highest BCUT2D eigenvalue weighted by Crippen LogP contribution is 2.35. The lowest BCUT2D eigenvalue weighted by molar-refractivity contribution is 0.391. The van der Waals surface area contributed by atoms with Gasteiger partial charge in [0.1, 0.15) is 17.5 Å². The Hall–Kier alpha value is -1.32. The number of nitrogens with one attached hydrogen (secondary N) is 2. The van der Waals surface area contributed by atoms with Crippen molar-refractivity contribution in [3.05, 3.63) is 11.9 Å². The maximum atomic E-state index is 4.70. The Kier molecular flexibility index (Phi) is 5.43. The van der Waals surface area contributed by atoms with Crippen molar-refractivity contribution in [3.8, 4) is 0 Å². The molecule has 4 nitrogen and oxygen atoms in total. The van der Waals surface area contributed by atoms with E-state index in [-0.39, 0.29) is 0 Å². The summed E-state index contributed by atoms with van der Waals surface area (Å²) in [6.07, 6.45) is 3.86. The summed E-state index contributed by atoms with van der Waals surface area (Å²) < 4.78 is 0. The summed E-state index contributed by atoms with van der Waals surface area (Å²) in [4.78, 5) is 9.29. The molecule has 0 aromatic carbocycles. The minimum Gasteiger partial charge on any atom is -0.370 e. The van der Waals surface area contributed by atoms with Crippen LogP contribution in [0.3, 0.4) is 0 Å². The molecule has 0 amide bonds. The van der Waals surface area contributed by atoms with Crippen LogP contribution < -0.4 is 10.6 Å². The molecule has 3 unspecified atom stereocenters. The van der Waals surface area contributed by atoms with Crippen LogP contribution in [0.4, 0.5) is 11.6 Å². The largest absolute Gasteiger partial charge is 0.370 e.